The van der Waals surface area contributed by atoms with E-state index in [1.807, 2.05) is 24.4 Å². The lowest BCUT2D eigenvalue weighted by atomic mass is 9.97. The van der Waals surface area contributed by atoms with Gasteiger partial charge in [-0.05, 0) is 23.6 Å². The Morgan fingerprint density at radius 2 is 1.90 bits per heavy atom. The molecule has 3 aromatic rings. The standard InChI is InChI=1S/C23H30N6O2/c1-23(2,3)15-26-21-20-17(7-8-24-21)14-25-18(27-20)13-16-5-6-19(28-22(16)30-4)29-9-11-31-12-10-29/h5-8,14H,9-13,15H2,1-4H3,(H,24,26). The number of morpholine rings is 1. The number of nitrogens with one attached hydrogen (secondary N) is 1. The van der Waals surface area contributed by atoms with Gasteiger partial charge < -0.3 is 19.7 Å². The molecule has 1 N–H and O–H groups in total. The highest BCUT2D eigenvalue weighted by Crippen LogP contribution is 2.25. The quantitative estimate of drug-likeness (QED) is 0.648. The van der Waals surface area contributed by atoms with E-state index in [0.717, 1.165) is 61.0 Å². The number of rotatable bonds is 6. The maximum absolute atomic E-state index is 5.59. The van der Waals surface area contributed by atoms with Gasteiger partial charge in [-0.25, -0.2) is 15.0 Å². The van der Waals surface area contributed by atoms with E-state index < -0.39 is 0 Å². The van der Waals surface area contributed by atoms with Crippen LogP contribution >= 0.6 is 0 Å². The van der Waals surface area contributed by atoms with Crippen molar-refractivity contribution >= 4 is 22.5 Å². The summed E-state index contributed by atoms with van der Waals surface area (Å²) in [5.41, 5.74) is 1.92. The summed E-state index contributed by atoms with van der Waals surface area (Å²) < 4.78 is 11.0. The van der Waals surface area contributed by atoms with Crippen molar-refractivity contribution < 1.29 is 9.47 Å². The number of fused-ring (bicyclic) bond motifs is 1. The number of ether oxygens (including phenoxy) is 2. The molecule has 3 aromatic heterocycles. The molecule has 4 heterocycles. The van der Waals surface area contributed by atoms with Crippen LogP contribution in [0.15, 0.2) is 30.6 Å². The van der Waals surface area contributed by atoms with E-state index in [1.165, 1.54) is 0 Å². The van der Waals surface area contributed by atoms with Crippen LogP contribution in [0.4, 0.5) is 11.6 Å². The first kappa shape index (κ1) is 21.2. The van der Waals surface area contributed by atoms with Crippen molar-refractivity contribution in [3.05, 3.63) is 42.0 Å². The lowest BCUT2D eigenvalue weighted by Crippen LogP contribution is -2.36. The zero-order chi connectivity index (χ0) is 21.8. The van der Waals surface area contributed by atoms with Crippen LogP contribution in [0.2, 0.25) is 0 Å². The first-order valence-corrected chi connectivity index (χ1v) is 10.6. The molecule has 0 radical (unpaired) electrons. The van der Waals surface area contributed by atoms with E-state index in [-0.39, 0.29) is 5.41 Å². The second kappa shape index (κ2) is 9.01. The minimum atomic E-state index is 0.140. The third-order valence-electron chi connectivity index (χ3n) is 5.14. The molecule has 0 atom stereocenters. The molecular weight excluding hydrogens is 392 g/mol. The fraction of sp³-hybridized carbons (Fsp3) is 0.478. The average molecular weight is 423 g/mol. The Bertz CT molecular complexity index is 1040. The van der Waals surface area contributed by atoms with Crippen LogP contribution in [0.3, 0.4) is 0 Å². The van der Waals surface area contributed by atoms with Gasteiger partial charge in [0.05, 0.1) is 20.3 Å². The Balaban J connectivity index is 1.59. The highest BCUT2D eigenvalue weighted by molar-refractivity contribution is 5.87. The molecule has 0 bridgehead atoms. The third-order valence-corrected chi connectivity index (χ3v) is 5.14. The molecule has 0 saturated carbocycles. The Labute approximate surface area is 183 Å². The molecule has 1 aliphatic rings. The zero-order valence-corrected chi connectivity index (χ0v) is 18.7. The van der Waals surface area contributed by atoms with Crippen LogP contribution in [-0.2, 0) is 11.2 Å². The summed E-state index contributed by atoms with van der Waals surface area (Å²) in [5.74, 6) is 2.99. The smallest absolute Gasteiger partial charge is 0.218 e. The van der Waals surface area contributed by atoms with Gasteiger partial charge in [0.15, 0.2) is 5.82 Å². The van der Waals surface area contributed by atoms with Gasteiger partial charge in [0, 0.05) is 49.4 Å². The Hall–Kier alpha value is -3.00. The zero-order valence-electron chi connectivity index (χ0n) is 18.7. The number of hydrogen-bond acceptors (Lipinski definition) is 8. The van der Waals surface area contributed by atoms with Crippen LogP contribution in [0.5, 0.6) is 5.88 Å². The molecule has 0 aliphatic carbocycles. The molecule has 1 aliphatic heterocycles. The maximum Gasteiger partial charge on any atom is 0.218 e. The number of aromatic nitrogens is 4. The predicted octanol–water partition coefficient (Wildman–Crippen LogP) is 3.31. The summed E-state index contributed by atoms with van der Waals surface area (Å²) in [7, 11) is 1.65. The lowest BCUT2D eigenvalue weighted by molar-refractivity contribution is 0.122. The van der Waals surface area contributed by atoms with E-state index in [4.69, 9.17) is 19.4 Å². The molecule has 8 nitrogen and oxygen atoms in total. The summed E-state index contributed by atoms with van der Waals surface area (Å²) in [6, 6.07) is 6.01. The molecule has 31 heavy (non-hydrogen) atoms. The van der Waals surface area contributed by atoms with Crippen molar-refractivity contribution in [3.8, 4) is 5.88 Å². The molecule has 0 unspecified atom stereocenters. The summed E-state index contributed by atoms with van der Waals surface area (Å²) in [4.78, 5) is 20.8. The van der Waals surface area contributed by atoms with E-state index in [2.05, 4.69) is 41.0 Å². The number of anilines is 2. The Kier molecular flexibility index (Phi) is 6.18. The molecule has 8 heteroatoms. The van der Waals surface area contributed by atoms with Crippen molar-refractivity contribution in [1.29, 1.82) is 0 Å². The van der Waals surface area contributed by atoms with Gasteiger partial charge in [0.1, 0.15) is 17.2 Å². The summed E-state index contributed by atoms with van der Waals surface area (Å²) in [6.45, 7) is 10.5. The van der Waals surface area contributed by atoms with Crippen molar-refractivity contribution in [3.63, 3.8) is 0 Å². The molecule has 0 spiro atoms. The topological polar surface area (TPSA) is 85.3 Å². The molecule has 164 valence electrons. The Morgan fingerprint density at radius 1 is 1.10 bits per heavy atom. The summed E-state index contributed by atoms with van der Waals surface area (Å²) >= 11 is 0. The second-order valence-electron chi connectivity index (χ2n) is 8.91. The SMILES string of the molecule is COc1nc(N2CCOCC2)ccc1Cc1ncc2ccnc(NCC(C)(C)C)c2n1. The highest BCUT2D eigenvalue weighted by atomic mass is 16.5. The van der Waals surface area contributed by atoms with Gasteiger partial charge in [-0.1, -0.05) is 20.8 Å². The van der Waals surface area contributed by atoms with Crippen molar-refractivity contribution in [1.82, 2.24) is 19.9 Å². The Morgan fingerprint density at radius 3 is 2.65 bits per heavy atom. The van der Waals surface area contributed by atoms with Gasteiger partial charge in [-0.3, -0.25) is 0 Å². The van der Waals surface area contributed by atoms with Crippen LogP contribution in [0, 0.1) is 5.41 Å². The maximum atomic E-state index is 5.59. The van der Waals surface area contributed by atoms with Crippen LogP contribution in [0.1, 0.15) is 32.2 Å². The fourth-order valence-electron chi connectivity index (χ4n) is 3.47. The number of hydrogen-bond donors (Lipinski definition) is 1. The fourth-order valence-corrected chi connectivity index (χ4v) is 3.47. The van der Waals surface area contributed by atoms with Crippen molar-refractivity contribution in [2.45, 2.75) is 27.2 Å². The van der Waals surface area contributed by atoms with Crippen LogP contribution in [0.25, 0.3) is 10.9 Å². The predicted molar refractivity (Wildman–Crippen MR) is 122 cm³/mol. The van der Waals surface area contributed by atoms with Gasteiger partial charge >= 0.3 is 0 Å². The number of nitrogens with zero attached hydrogens (tertiary/aromatic N) is 5. The van der Waals surface area contributed by atoms with E-state index in [1.54, 1.807) is 13.3 Å². The van der Waals surface area contributed by atoms with E-state index in [9.17, 15) is 0 Å². The van der Waals surface area contributed by atoms with Crippen LogP contribution < -0.4 is 15.0 Å². The minimum Gasteiger partial charge on any atom is -0.481 e. The normalized spacial score (nSPS) is 14.6. The van der Waals surface area contributed by atoms with Gasteiger partial charge in [-0.2, -0.15) is 4.98 Å². The monoisotopic (exact) mass is 422 g/mol. The number of pyridine rings is 2. The molecule has 0 amide bonds. The van der Waals surface area contributed by atoms with E-state index >= 15 is 0 Å². The first-order valence-electron chi connectivity index (χ1n) is 10.6. The molecule has 1 saturated heterocycles. The largest absolute Gasteiger partial charge is 0.481 e. The van der Waals surface area contributed by atoms with Crippen molar-refractivity contribution in [2.24, 2.45) is 5.41 Å². The first-order chi connectivity index (χ1) is 14.9. The van der Waals surface area contributed by atoms with E-state index in [0.29, 0.717) is 18.1 Å². The van der Waals surface area contributed by atoms with Crippen LogP contribution in [-0.4, -0.2) is 59.9 Å². The molecular formula is C23H30N6O2. The summed E-state index contributed by atoms with van der Waals surface area (Å²) in [5, 5.41) is 4.39. The lowest BCUT2D eigenvalue weighted by Gasteiger charge is -2.28. The highest BCUT2D eigenvalue weighted by Gasteiger charge is 2.17. The molecule has 4 rings (SSSR count). The second-order valence-corrected chi connectivity index (χ2v) is 8.91. The van der Waals surface area contributed by atoms with Crippen molar-refractivity contribution in [2.75, 3.05) is 50.2 Å². The van der Waals surface area contributed by atoms with Gasteiger partial charge in [0.25, 0.3) is 0 Å². The third kappa shape index (κ3) is 5.19. The van der Waals surface area contributed by atoms with Gasteiger partial charge in [0.2, 0.25) is 5.88 Å². The minimum absolute atomic E-state index is 0.140. The molecule has 0 aromatic carbocycles. The molecule has 1 fully saturated rings. The van der Waals surface area contributed by atoms with Gasteiger partial charge in [-0.15, -0.1) is 0 Å². The summed E-state index contributed by atoms with van der Waals surface area (Å²) in [6.07, 6.45) is 4.17. The number of methoxy groups -OCH3 is 1. The average Bonchev–Trinajstić information content (AvgIpc) is 2.78.